The van der Waals surface area contributed by atoms with E-state index in [-0.39, 0.29) is 17.4 Å². The summed E-state index contributed by atoms with van der Waals surface area (Å²) in [5.74, 6) is -0.657. The maximum atomic E-state index is 13.0. The number of hydrogen-bond donors (Lipinski definition) is 2. The van der Waals surface area contributed by atoms with Gasteiger partial charge in [0.25, 0.3) is 6.43 Å². The average Bonchev–Trinajstić information content (AvgIpc) is 2.38. The van der Waals surface area contributed by atoms with Crippen LogP contribution in [0, 0.1) is 5.92 Å². The van der Waals surface area contributed by atoms with Gasteiger partial charge in [-0.2, -0.15) is 0 Å². The molecule has 1 aromatic rings. The minimum Gasteiger partial charge on any atom is -0.399 e. The summed E-state index contributed by atoms with van der Waals surface area (Å²) in [6.07, 6.45) is -1.11. The van der Waals surface area contributed by atoms with Gasteiger partial charge in [-0.05, 0) is 31.0 Å². The fourth-order valence-electron chi connectivity index (χ4n) is 2.46. The lowest BCUT2D eigenvalue weighted by molar-refractivity contribution is -0.122. The fourth-order valence-corrected chi connectivity index (χ4v) is 2.46. The van der Waals surface area contributed by atoms with E-state index in [0.29, 0.717) is 30.9 Å². The van der Waals surface area contributed by atoms with Crippen LogP contribution >= 0.6 is 0 Å². The molecule has 1 saturated heterocycles. The van der Waals surface area contributed by atoms with Crippen LogP contribution < -0.4 is 16.4 Å². The van der Waals surface area contributed by atoms with Crippen LogP contribution in [0.2, 0.25) is 0 Å². The Morgan fingerprint density at radius 3 is 2.79 bits per heavy atom. The van der Waals surface area contributed by atoms with Crippen LogP contribution in [0.25, 0.3) is 0 Å². The van der Waals surface area contributed by atoms with E-state index in [4.69, 9.17) is 11.5 Å². The van der Waals surface area contributed by atoms with Crippen molar-refractivity contribution < 1.29 is 13.6 Å². The van der Waals surface area contributed by atoms with Crippen molar-refractivity contribution >= 4 is 17.3 Å². The Labute approximate surface area is 110 Å². The lowest BCUT2D eigenvalue weighted by Gasteiger charge is -2.34. The predicted molar refractivity (Wildman–Crippen MR) is 69.9 cm³/mol. The summed E-state index contributed by atoms with van der Waals surface area (Å²) < 4.78 is 26.1. The zero-order valence-electron chi connectivity index (χ0n) is 10.5. The lowest BCUT2D eigenvalue weighted by Crippen LogP contribution is -2.41. The maximum Gasteiger partial charge on any atom is 0.265 e. The second-order valence-electron chi connectivity index (χ2n) is 4.81. The molecular formula is C13H17F2N3O. The SMILES string of the molecule is NC(=O)C1CCCN(c2ccc(N)cc2C(F)F)C1. The van der Waals surface area contributed by atoms with Gasteiger partial charge in [-0.15, -0.1) is 0 Å². The molecule has 0 saturated carbocycles. The number of nitrogen functional groups attached to an aromatic ring is 1. The molecule has 1 fully saturated rings. The van der Waals surface area contributed by atoms with Crippen molar-refractivity contribution in [3.05, 3.63) is 23.8 Å². The van der Waals surface area contributed by atoms with Crippen molar-refractivity contribution in [3.63, 3.8) is 0 Å². The van der Waals surface area contributed by atoms with E-state index in [1.54, 1.807) is 17.0 Å². The number of carbonyl (C=O) groups is 1. The van der Waals surface area contributed by atoms with E-state index in [9.17, 15) is 13.6 Å². The van der Waals surface area contributed by atoms with Crippen molar-refractivity contribution in [2.24, 2.45) is 11.7 Å². The van der Waals surface area contributed by atoms with Gasteiger partial charge in [-0.1, -0.05) is 0 Å². The van der Waals surface area contributed by atoms with Gasteiger partial charge in [0, 0.05) is 30.0 Å². The van der Waals surface area contributed by atoms with E-state index in [0.717, 1.165) is 6.42 Å². The molecule has 0 radical (unpaired) electrons. The second kappa shape index (κ2) is 5.42. The van der Waals surface area contributed by atoms with E-state index < -0.39 is 6.43 Å². The van der Waals surface area contributed by atoms with Gasteiger partial charge >= 0.3 is 0 Å². The number of halogens is 2. The Kier molecular flexibility index (Phi) is 3.87. The Balaban J connectivity index is 2.28. The van der Waals surface area contributed by atoms with Gasteiger partial charge in [0.05, 0.1) is 5.92 Å². The molecule has 104 valence electrons. The molecule has 19 heavy (non-hydrogen) atoms. The molecule has 1 aliphatic rings. The van der Waals surface area contributed by atoms with Crippen LogP contribution in [0.4, 0.5) is 20.2 Å². The lowest BCUT2D eigenvalue weighted by atomic mass is 9.96. The maximum absolute atomic E-state index is 13.0. The van der Waals surface area contributed by atoms with Gasteiger partial charge in [0.2, 0.25) is 5.91 Å². The Morgan fingerprint density at radius 1 is 1.42 bits per heavy atom. The van der Waals surface area contributed by atoms with Gasteiger partial charge in [-0.25, -0.2) is 8.78 Å². The molecule has 1 aliphatic heterocycles. The summed E-state index contributed by atoms with van der Waals surface area (Å²) in [7, 11) is 0. The molecule has 0 bridgehead atoms. The largest absolute Gasteiger partial charge is 0.399 e. The zero-order chi connectivity index (χ0) is 14.0. The van der Waals surface area contributed by atoms with Crippen molar-refractivity contribution in [1.82, 2.24) is 0 Å². The number of rotatable bonds is 3. The van der Waals surface area contributed by atoms with E-state index in [1.807, 2.05) is 0 Å². The van der Waals surface area contributed by atoms with Crippen molar-refractivity contribution in [2.75, 3.05) is 23.7 Å². The summed E-state index contributed by atoms with van der Waals surface area (Å²) in [5, 5.41) is 0. The second-order valence-corrected chi connectivity index (χ2v) is 4.81. The molecule has 1 atom stereocenters. The van der Waals surface area contributed by atoms with Crippen LogP contribution in [-0.2, 0) is 4.79 Å². The molecule has 4 nitrogen and oxygen atoms in total. The highest BCUT2D eigenvalue weighted by Gasteiger charge is 2.26. The summed E-state index contributed by atoms with van der Waals surface area (Å²) in [6, 6.07) is 4.46. The van der Waals surface area contributed by atoms with E-state index in [1.165, 1.54) is 6.07 Å². The molecular weight excluding hydrogens is 252 g/mol. The fraction of sp³-hybridized carbons (Fsp3) is 0.462. The Hall–Kier alpha value is -1.85. The number of alkyl halides is 2. The summed E-state index contributed by atoms with van der Waals surface area (Å²) in [6.45, 7) is 1.03. The number of amides is 1. The standard InChI is InChI=1S/C13H17F2N3O/c14-12(15)10-6-9(16)3-4-11(10)18-5-1-2-8(7-18)13(17)19/h3-4,6,8,12H,1-2,5,7,16H2,(H2,17,19). The first-order valence-corrected chi connectivity index (χ1v) is 6.21. The number of primary amides is 1. The smallest absolute Gasteiger partial charge is 0.265 e. The number of benzene rings is 1. The van der Waals surface area contributed by atoms with Gasteiger partial charge in [-0.3, -0.25) is 4.79 Å². The van der Waals surface area contributed by atoms with Crippen LogP contribution in [0.15, 0.2) is 18.2 Å². The molecule has 1 heterocycles. The van der Waals surface area contributed by atoms with Crippen LogP contribution in [0.1, 0.15) is 24.8 Å². The molecule has 0 aliphatic carbocycles. The molecule has 1 aromatic carbocycles. The molecule has 0 spiro atoms. The molecule has 1 unspecified atom stereocenters. The predicted octanol–water partition coefficient (Wildman–Crippen LogP) is 1.91. The number of hydrogen-bond acceptors (Lipinski definition) is 3. The molecule has 2 rings (SSSR count). The summed E-state index contributed by atoms with van der Waals surface area (Å²) >= 11 is 0. The third-order valence-electron chi connectivity index (χ3n) is 3.45. The number of nitrogens with two attached hydrogens (primary N) is 2. The van der Waals surface area contributed by atoms with Crippen LogP contribution in [-0.4, -0.2) is 19.0 Å². The third kappa shape index (κ3) is 2.94. The minimum absolute atomic E-state index is 0.0925. The highest BCUT2D eigenvalue weighted by atomic mass is 19.3. The molecule has 0 aromatic heterocycles. The Morgan fingerprint density at radius 2 is 2.16 bits per heavy atom. The van der Waals surface area contributed by atoms with Gasteiger partial charge in [0.1, 0.15) is 0 Å². The number of piperidine rings is 1. The first kappa shape index (κ1) is 13.6. The van der Waals surface area contributed by atoms with Crippen molar-refractivity contribution in [3.8, 4) is 0 Å². The minimum atomic E-state index is -2.59. The molecule has 6 heteroatoms. The quantitative estimate of drug-likeness (QED) is 0.823. The monoisotopic (exact) mass is 269 g/mol. The first-order valence-electron chi connectivity index (χ1n) is 6.21. The van der Waals surface area contributed by atoms with E-state index >= 15 is 0 Å². The average molecular weight is 269 g/mol. The van der Waals surface area contributed by atoms with Gasteiger partial charge in [0.15, 0.2) is 0 Å². The highest BCUT2D eigenvalue weighted by molar-refractivity contribution is 5.78. The summed E-state index contributed by atoms with van der Waals surface area (Å²) in [5.41, 5.74) is 11.5. The Bertz CT molecular complexity index is 479. The highest BCUT2D eigenvalue weighted by Crippen LogP contribution is 2.33. The summed E-state index contributed by atoms with van der Waals surface area (Å²) in [4.78, 5) is 13.0. The van der Waals surface area contributed by atoms with Crippen LogP contribution in [0.3, 0.4) is 0 Å². The zero-order valence-corrected chi connectivity index (χ0v) is 10.5. The normalized spacial score (nSPS) is 19.7. The van der Waals surface area contributed by atoms with Crippen molar-refractivity contribution in [1.29, 1.82) is 0 Å². The van der Waals surface area contributed by atoms with E-state index in [2.05, 4.69) is 0 Å². The number of anilines is 2. The third-order valence-corrected chi connectivity index (χ3v) is 3.45. The van der Waals surface area contributed by atoms with Gasteiger partial charge < -0.3 is 16.4 Å². The van der Waals surface area contributed by atoms with Crippen LogP contribution in [0.5, 0.6) is 0 Å². The van der Waals surface area contributed by atoms with Crippen molar-refractivity contribution in [2.45, 2.75) is 19.3 Å². The molecule has 1 amide bonds. The topological polar surface area (TPSA) is 72.4 Å². The number of nitrogens with zero attached hydrogens (tertiary/aromatic N) is 1. The first-order chi connectivity index (χ1) is 8.99. The molecule has 4 N–H and O–H groups in total. The number of carbonyl (C=O) groups excluding carboxylic acids is 1.